The number of hydrogen-bond donors (Lipinski definition) is 1. The van der Waals surface area contributed by atoms with E-state index >= 15 is 0 Å². The fraction of sp³-hybridized carbons (Fsp3) is 0.857. The van der Waals surface area contributed by atoms with Gasteiger partial charge in [-0.25, -0.2) is 9.59 Å². The Hall–Kier alpha value is -1.50. The molecule has 2 aliphatic heterocycles. The standard InChI is InChI=1S/C14H24N2O5/c1-12(2,3)20-10(18)15-6-7-16-11(19)21-13(4,5)14(16,8-15)9-17/h17H,6-9H2,1-5H3. The van der Waals surface area contributed by atoms with Crippen molar-refractivity contribution in [3.05, 3.63) is 0 Å². The molecular formula is C14H24N2O5. The maximum absolute atomic E-state index is 12.2. The fourth-order valence-electron chi connectivity index (χ4n) is 2.87. The van der Waals surface area contributed by atoms with Gasteiger partial charge in [-0.1, -0.05) is 0 Å². The van der Waals surface area contributed by atoms with E-state index < -0.39 is 28.9 Å². The second-order valence-electron chi connectivity index (χ2n) is 7.12. The summed E-state index contributed by atoms with van der Waals surface area (Å²) in [7, 11) is 0. The number of hydrogen-bond acceptors (Lipinski definition) is 5. The number of nitrogens with zero attached hydrogens (tertiary/aromatic N) is 2. The van der Waals surface area contributed by atoms with Crippen molar-refractivity contribution in [2.24, 2.45) is 0 Å². The van der Waals surface area contributed by atoms with Crippen molar-refractivity contribution in [3.8, 4) is 0 Å². The van der Waals surface area contributed by atoms with Crippen molar-refractivity contribution in [3.63, 3.8) is 0 Å². The van der Waals surface area contributed by atoms with Crippen molar-refractivity contribution in [2.75, 3.05) is 26.2 Å². The largest absolute Gasteiger partial charge is 0.444 e. The average Bonchev–Trinajstić information content (AvgIpc) is 2.54. The van der Waals surface area contributed by atoms with Gasteiger partial charge in [-0.15, -0.1) is 0 Å². The van der Waals surface area contributed by atoms with E-state index in [1.54, 1.807) is 34.6 Å². The van der Waals surface area contributed by atoms with Crippen LogP contribution in [0.25, 0.3) is 0 Å². The molecule has 2 heterocycles. The number of ether oxygens (including phenoxy) is 2. The molecule has 7 heteroatoms. The first-order chi connectivity index (χ1) is 9.52. The van der Waals surface area contributed by atoms with Crippen LogP contribution < -0.4 is 0 Å². The van der Waals surface area contributed by atoms with Gasteiger partial charge in [0.25, 0.3) is 0 Å². The predicted octanol–water partition coefficient (Wildman–Crippen LogP) is 1.20. The van der Waals surface area contributed by atoms with Gasteiger partial charge < -0.3 is 19.5 Å². The van der Waals surface area contributed by atoms with Crippen molar-refractivity contribution < 1.29 is 24.2 Å². The Morgan fingerprint density at radius 2 is 2.00 bits per heavy atom. The lowest BCUT2D eigenvalue weighted by Gasteiger charge is -2.48. The van der Waals surface area contributed by atoms with Crippen molar-refractivity contribution in [2.45, 2.75) is 51.4 Å². The minimum absolute atomic E-state index is 0.192. The Bertz CT molecular complexity index is 457. The average molecular weight is 300 g/mol. The van der Waals surface area contributed by atoms with Gasteiger partial charge in [-0.3, -0.25) is 4.90 Å². The minimum Gasteiger partial charge on any atom is -0.444 e. The topological polar surface area (TPSA) is 79.3 Å². The number of carbonyl (C=O) groups excluding carboxylic acids is 2. The van der Waals surface area contributed by atoms with Crippen LogP contribution >= 0.6 is 0 Å². The van der Waals surface area contributed by atoms with Gasteiger partial charge in [0.15, 0.2) is 0 Å². The zero-order chi connectivity index (χ0) is 16.1. The van der Waals surface area contributed by atoms with Crippen LogP contribution in [0.1, 0.15) is 34.6 Å². The SMILES string of the molecule is CC(C)(C)OC(=O)N1CCN2C(=O)OC(C)(C)C2(CO)C1. The quantitative estimate of drug-likeness (QED) is 0.787. The molecule has 0 aliphatic carbocycles. The molecule has 0 aromatic heterocycles. The van der Waals surface area contributed by atoms with Crippen LogP contribution in [0.15, 0.2) is 0 Å². The highest BCUT2D eigenvalue weighted by molar-refractivity contribution is 5.75. The summed E-state index contributed by atoms with van der Waals surface area (Å²) in [5.74, 6) is 0. The molecule has 2 fully saturated rings. The number of aliphatic hydroxyl groups excluding tert-OH is 1. The summed E-state index contributed by atoms with van der Waals surface area (Å²) in [6.07, 6.45) is -0.886. The van der Waals surface area contributed by atoms with Crippen LogP contribution in [0, 0.1) is 0 Å². The Morgan fingerprint density at radius 3 is 2.52 bits per heavy atom. The molecule has 120 valence electrons. The van der Waals surface area contributed by atoms with E-state index in [1.807, 2.05) is 0 Å². The van der Waals surface area contributed by atoms with Gasteiger partial charge in [0.05, 0.1) is 13.2 Å². The van der Waals surface area contributed by atoms with Gasteiger partial charge in [0.1, 0.15) is 16.7 Å². The van der Waals surface area contributed by atoms with Gasteiger partial charge in [0, 0.05) is 13.1 Å². The van der Waals surface area contributed by atoms with Gasteiger partial charge in [-0.2, -0.15) is 0 Å². The predicted molar refractivity (Wildman–Crippen MR) is 74.9 cm³/mol. The molecule has 0 bridgehead atoms. The van der Waals surface area contributed by atoms with Crippen LogP contribution in [0.5, 0.6) is 0 Å². The maximum Gasteiger partial charge on any atom is 0.411 e. The fourth-order valence-corrected chi connectivity index (χ4v) is 2.87. The monoisotopic (exact) mass is 300 g/mol. The lowest BCUT2D eigenvalue weighted by Crippen LogP contribution is -2.69. The maximum atomic E-state index is 12.2. The molecule has 0 aromatic rings. The van der Waals surface area contributed by atoms with E-state index in [1.165, 1.54) is 9.80 Å². The summed E-state index contributed by atoms with van der Waals surface area (Å²) < 4.78 is 10.7. The normalized spacial score (nSPS) is 28.2. The Kier molecular flexibility index (Phi) is 3.60. The van der Waals surface area contributed by atoms with Crippen LogP contribution in [-0.4, -0.2) is 70.1 Å². The number of cyclic esters (lactones) is 1. The Balaban J connectivity index is 2.23. The summed E-state index contributed by atoms with van der Waals surface area (Å²) >= 11 is 0. The van der Waals surface area contributed by atoms with E-state index in [-0.39, 0.29) is 13.2 Å². The molecule has 0 saturated carbocycles. The smallest absolute Gasteiger partial charge is 0.411 e. The lowest BCUT2D eigenvalue weighted by molar-refractivity contribution is -0.0632. The number of piperazine rings is 1. The van der Waals surface area contributed by atoms with Crippen LogP contribution in [-0.2, 0) is 9.47 Å². The van der Waals surface area contributed by atoms with Crippen molar-refractivity contribution >= 4 is 12.2 Å². The first-order valence-corrected chi connectivity index (χ1v) is 7.12. The number of carbonyl (C=O) groups is 2. The molecular weight excluding hydrogens is 276 g/mol. The summed E-state index contributed by atoms with van der Waals surface area (Å²) in [5, 5.41) is 9.88. The second kappa shape index (κ2) is 4.76. The third kappa shape index (κ3) is 2.54. The Labute approximate surface area is 124 Å². The first-order valence-electron chi connectivity index (χ1n) is 7.12. The molecule has 21 heavy (non-hydrogen) atoms. The molecule has 2 aliphatic rings. The summed E-state index contributed by atoms with van der Waals surface area (Å²) in [6.45, 7) is 9.50. The van der Waals surface area contributed by atoms with Crippen LogP contribution in [0.4, 0.5) is 9.59 Å². The summed E-state index contributed by atoms with van der Waals surface area (Å²) in [5.41, 5.74) is -2.39. The summed E-state index contributed by atoms with van der Waals surface area (Å²) in [4.78, 5) is 27.2. The Morgan fingerprint density at radius 1 is 1.38 bits per heavy atom. The molecule has 2 amide bonds. The van der Waals surface area contributed by atoms with Crippen LogP contribution in [0.2, 0.25) is 0 Å². The third-order valence-electron chi connectivity index (χ3n) is 4.16. The lowest BCUT2D eigenvalue weighted by atomic mass is 9.80. The highest BCUT2D eigenvalue weighted by Gasteiger charge is 2.62. The number of aliphatic hydroxyl groups is 1. The molecule has 1 unspecified atom stereocenters. The zero-order valence-electron chi connectivity index (χ0n) is 13.3. The number of fused-ring (bicyclic) bond motifs is 1. The van der Waals surface area contributed by atoms with Gasteiger partial charge >= 0.3 is 12.2 Å². The van der Waals surface area contributed by atoms with E-state index in [9.17, 15) is 14.7 Å². The molecule has 1 atom stereocenters. The number of amides is 2. The minimum atomic E-state index is -0.931. The van der Waals surface area contributed by atoms with Gasteiger partial charge in [0.2, 0.25) is 0 Å². The first kappa shape index (κ1) is 15.9. The molecule has 2 rings (SSSR count). The molecule has 1 N–H and O–H groups in total. The van der Waals surface area contributed by atoms with Gasteiger partial charge in [-0.05, 0) is 34.6 Å². The van der Waals surface area contributed by atoms with Crippen molar-refractivity contribution in [1.82, 2.24) is 9.80 Å². The number of rotatable bonds is 1. The highest BCUT2D eigenvalue weighted by atomic mass is 16.6. The second-order valence-corrected chi connectivity index (χ2v) is 7.12. The van der Waals surface area contributed by atoms with E-state index in [4.69, 9.17) is 9.47 Å². The molecule has 0 spiro atoms. The van der Waals surface area contributed by atoms with Crippen LogP contribution in [0.3, 0.4) is 0 Å². The van der Waals surface area contributed by atoms with E-state index in [0.29, 0.717) is 13.1 Å². The van der Waals surface area contributed by atoms with E-state index in [0.717, 1.165) is 0 Å². The molecule has 0 aromatic carbocycles. The van der Waals surface area contributed by atoms with E-state index in [2.05, 4.69) is 0 Å². The zero-order valence-corrected chi connectivity index (χ0v) is 13.3. The molecule has 2 saturated heterocycles. The summed E-state index contributed by atoms with van der Waals surface area (Å²) in [6, 6.07) is 0. The van der Waals surface area contributed by atoms with Crippen molar-refractivity contribution in [1.29, 1.82) is 0 Å². The third-order valence-corrected chi connectivity index (χ3v) is 4.16. The molecule has 0 radical (unpaired) electrons. The molecule has 7 nitrogen and oxygen atoms in total. The highest BCUT2D eigenvalue weighted by Crippen LogP contribution is 2.41.